The monoisotopic (exact) mass is 468 g/mol. The van der Waals surface area contributed by atoms with E-state index in [0.717, 1.165) is 44.1 Å². The van der Waals surface area contributed by atoms with Gasteiger partial charge in [-0.3, -0.25) is 9.69 Å². The second-order valence-corrected chi connectivity index (χ2v) is 10.3. The number of morpholine rings is 1. The number of nitrogens with zero attached hydrogens (tertiary/aromatic N) is 3. The number of amides is 1. The SMILES string of the molecule is N#Cc1ccc(S(=O)(=O)N2CCC(C(=O)Nc3cccc(CN4CCOCC4)c3)CC2)cc1. The topological polar surface area (TPSA) is 103 Å². The van der Waals surface area contributed by atoms with Gasteiger partial charge >= 0.3 is 0 Å². The van der Waals surface area contributed by atoms with E-state index in [1.807, 2.05) is 24.3 Å². The molecule has 0 aliphatic carbocycles. The minimum absolute atomic E-state index is 0.0751. The molecule has 33 heavy (non-hydrogen) atoms. The van der Waals surface area contributed by atoms with Crippen LogP contribution in [-0.2, 0) is 26.1 Å². The van der Waals surface area contributed by atoms with E-state index in [2.05, 4.69) is 16.3 Å². The number of carbonyl (C=O) groups is 1. The number of rotatable bonds is 6. The summed E-state index contributed by atoms with van der Waals surface area (Å²) in [6.07, 6.45) is 0.934. The van der Waals surface area contributed by atoms with Gasteiger partial charge < -0.3 is 10.1 Å². The Morgan fingerprint density at radius 3 is 2.42 bits per heavy atom. The Morgan fingerprint density at radius 1 is 1.06 bits per heavy atom. The van der Waals surface area contributed by atoms with E-state index >= 15 is 0 Å². The van der Waals surface area contributed by atoms with Crippen molar-refractivity contribution in [2.24, 2.45) is 5.92 Å². The lowest BCUT2D eigenvalue weighted by molar-refractivity contribution is -0.120. The van der Waals surface area contributed by atoms with Crippen LogP contribution in [0, 0.1) is 17.2 Å². The third-order valence-corrected chi connectivity index (χ3v) is 8.06. The van der Waals surface area contributed by atoms with Crippen molar-refractivity contribution in [1.29, 1.82) is 5.26 Å². The number of piperidine rings is 1. The van der Waals surface area contributed by atoms with E-state index in [-0.39, 0.29) is 29.8 Å². The molecule has 0 atom stereocenters. The van der Waals surface area contributed by atoms with Gasteiger partial charge in [-0.15, -0.1) is 0 Å². The lowest BCUT2D eigenvalue weighted by Gasteiger charge is -2.30. The van der Waals surface area contributed by atoms with Crippen LogP contribution in [0.5, 0.6) is 0 Å². The van der Waals surface area contributed by atoms with Gasteiger partial charge in [0.25, 0.3) is 0 Å². The fraction of sp³-hybridized carbons (Fsp3) is 0.417. The van der Waals surface area contributed by atoms with Crippen LogP contribution in [0.4, 0.5) is 5.69 Å². The first-order chi connectivity index (χ1) is 16.0. The van der Waals surface area contributed by atoms with Crippen molar-refractivity contribution < 1.29 is 17.9 Å². The molecular formula is C24H28N4O4S. The van der Waals surface area contributed by atoms with Crippen LogP contribution in [0.1, 0.15) is 24.0 Å². The summed E-state index contributed by atoms with van der Waals surface area (Å²) < 4.78 is 32.6. The summed E-state index contributed by atoms with van der Waals surface area (Å²) in [6.45, 7) is 4.70. The van der Waals surface area contributed by atoms with Gasteiger partial charge in [0.05, 0.1) is 29.7 Å². The first-order valence-corrected chi connectivity index (χ1v) is 12.6. The Labute approximate surface area is 194 Å². The molecule has 174 valence electrons. The number of ether oxygens (including phenoxy) is 1. The highest BCUT2D eigenvalue weighted by atomic mass is 32.2. The fourth-order valence-corrected chi connectivity index (χ4v) is 5.69. The number of carbonyl (C=O) groups excluding carboxylic acids is 1. The summed E-state index contributed by atoms with van der Waals surface area (Å²) in [5.41, 5.74) is 2.31. The molecule has 2 aliphatic rings. The first kappa shape index (κ1) is 23.4. The van der Waals surface area contributed by atoms with E-state index in [1.165, 1.54) is 28.6 Å². The minimum Gasteiger partial charge on any atom is -0.379 e. The van der Waals surface area contributed by atoms with E-state index in [9.17, 15) is 13.2 Å². The number of anilines is 1. The average molecular weight is 469 g/mol. The molecule has 1 N–H and O–H groups in total. The third kappa shape index (κ3) is 5.78. The Balaban J connectivity index is 1.32. The molecule has 0 saturated carbocycles. The number of benzene rings is 2. The Morgan fingerprint density at radius 2 is 1.76 bits per heavy atom. The standard InChI is InChI=1S/C24H28N4O4S/c25-17-19-4-6-23(7-5-19)33(30,31)28-10-8-21(9-11-28)24(29)26-22-3-1-2-20(16-22)18-27-12-14-32-15-13-27/h1-7,16,21H,8-15,18H2,(H,26,29). The molecule has 0 bridgehead atoms. The van der Waals surface area contributed by atoms with E-state index in [1.54, 1.807) is 0 Å². The van der Waals surface area contributed by atoms with Crippen LogP contribution in [0.3, 0.4) is 0 Å². The van der Waals surface area contributed by atoms with Crippen molar-refractivity contribution in [2.75, 3.05) is 44.7 Å². The summed E-state index contributed by atoms with van der Waals surface area (Å²) in [7, 11) is -3.64. The zero-order valence-electron chi connectivity index (χ0n) is 18.4. The Kier molecular flexibility index (Phi) is 7.40. The number of nitriles is 1. The molecule has 1 amide bonds. The molecule has 2 aliphatic heterocycles. The highest BCUT2D eigenvalue weighted by molar-refractivity contribution is 7.89. The maximum absolute atomic E-state index is 12.9. The predicted octanol–water partition coefficient (Wildman–Crippen LogP) is 2.43. The maximum atomic E-state index is 12.9. The second-order valence-electron chi connectivity index (χ2n) is 8.39. The van der Waals surface area contributed by atoms with Gasteiger partial charge in [0.2, 0.25) is 15.9 Å². The van der Waals surface area contributed by atoms with Crippen LogP contribution in [0.2, 0.25) is 0 Å². The van der Waals surface area contributed by atoms with Crippen LogP contribution < -0.4 is 5.32 Å². The summed E-state index contributed by atoms with van der Waals surface area (Å²) in [6, 6.07) is 15.8. The smallest absolute Gasteiger partial charge is 0.243 e. The normalized spacial score (nSPS) is 18.5. The van der Waals surface area contributed by atoms with E-state index < -0.39 is 10.0 Å². The molecule has 0 spiro atoms. The van der Waals surface area contributed by atoms with Gasteiger partial charge in [-0.2, -0.15) is 9.57 Å². The minimum atomic E-state index is -3.64. The number of sulfonamides is 1. The molecule has 0 radical (unpaired) electrons. The van der Waals surface area contributed by atoms with Gasteiger partial charge in [0.1, 0.15) is 0 Å². The van der Waals surface area contributed by atoms with Gasteiger partial charge in [-0.25, -0.2) is 8.42 Å². The summed E-state index contributed by atoms with van der Waals surface area (Å²) in [5.74, 6) is -0.311. The first-order valence-electron chi connectivity index (χ1n) is 11.2. The van der Waals surface area contributed by atoms with Gasteiger partial charge in [0.15, 0.2) is 0 Å². The average Bonchev–Trinajstić information content (AvgIpc) is 2.85. The molecule has 0 aromatic heterocycles. The third-order valence-electron chi connectivity index (χ3n) is 6.15. The van der Waals surface area contributed by atoms with Crippen molar-refractivity contribution in [2.45, 2.75) is 24.3 Å². The number of hydrogen-bond acceptors (Lipinski definition) is 6. The maximum Gasteiger partial charge on any atom is 0.243 e. The van der Waals surface area contributed by atoms with Crippen LogP contribution >= 0.6 is 0 Å². The van der Waals surface area contributed by atoms with Crippen LogP contribution in [0.15, 0.2) is 53.4 Å². The quantitative estimate of drug-likeness (QED) is 0.699. The molecule has 4 rings (SSSR count). The summed E-state index contributed by atoms with van der Waals surface area (Å²) in [5, 5.41) is 11.9. The van der Waals surface area contributed by atoms with Crippen molar-refractivity contribution in [1.82, 2.24) is 9.21 Å². The lowest BCUT2D eigenvalue weighted by Crippen LogP contribution is -2.41. The highest BCUT2D eigenvalue weighted by Gasteiger charge is 2.32. The largest absolute Gasteiger partial charge is 0.379 e. The molecule has 0 unspecified atom stereocenters. The zero-order valence-corrected chi connectivity index (χ0v) is 19.3. The van der Waals surface area contributed by atoms with Gasteiger partial charge in [0, 0.05) is 44.3 Å². The highest BCUT2D eigenvalue weighted by Crippen LogP contribution is 2.25. The molecule has 2 aromatic rings. The Bertz CT molecular complexity index is 1110. The molecule has 8 nitrogen and oxygen atoms in total. The fourth-order valence-electron chi connectivity index (χ4n) is 4.22. The Hall–Kier alpha value is -2.77. The lowest BCUT2D eigenvalue weighted by atomic mass is 9.97. The summed E-state index contributed by atoms with van der Waals surface area (Å²) in [4.78, 5) is 15.3. The summed E-state index contributed by atoms with van der Waals surface area (Å²) >= 11 is 0. The van der Waals surface area contributed by atoms with E-state index in [4.69, 9.17) is 10.00 Å². The zero-order chi connectivity index (χ0) is 23.3. The van der Waals surface area contributed by atoms with Crippen molar-refractivity contribution >= 4 is 21.6 Å². The van der Waals surface area contributed by atoms with Crippen LogP contribution in [0.25, 0.3) is 0 Å². The van der Waals surface area contributed by atoms with Crippen molar-refractivity contribution in [3.8, 4) is 6.07 Å². The van der Waals surface area contributed by atoms with Crippen molar-refractivity contribution in [3.63, 3.8) is 0 Å². The predicted molar refractivity (Wildman–Crippen MR) is 124 cm³/mol. The molecular weight excluding hydrogens is 440 g/mol. The van der Waals surface area contributed by atoms with Crippen molar-refractivity contribution in [3.05, 3.63) is 59.7 Å². The number of nitrogens with one attached hydrogen (secondary N) is 1. The van der Waals surface area contributed by atoms with Crippen LogP contribution in [-0.4, -0.2) is 62.9 Å². The number of hydrogen-bond donors (Lipinski definition) is 1. The second kappa shape index (κ2) is 10.4. The van der Waals surface area contributed by atoms with Gasteiger partial charge in [-0.05, 0) is 54.8 Å². The molecule has 2 saturated heterocycles. The molecule has 2 aromatic carbocycles. The molecule has 2 heterocycles. The van der Waals surface area contributed by atoms with Gasteiger partial charge in [-0.1, -0.05) is 12.1 Å². The van der Waals surface area contributed by atoms with E-state index in [0.29, 0.717) is 18.4 Å². The molecule has 9 heteroatoms. The molecule has 2 fully saturated rings.